The maximum atomic E-state index is 12.7. The van der Waals surface area contributed by atoms with Gasteiger partial charge in [0.1, 0.15) is 0 Å². The molecule has 138 valence electrons. The zero-order valence-corrected chi connectivity index (χ0v) is 15.6. The molecule has 2 atom stereocenters. The Labute approximate surface area is 153 Å². The predicted octanol–water partition coefficient (Wildman–Crippen LogP) is 2.92. The van der Waals surface area contributed by atoms with E-state index in [-0.39, 0.29) is 48.2 Å². The highest BCUT2D eigenvalue weighted by molar-refractivity contribution is 6.02. The van der Waals surface area contributed by atoms with Crippen molar-refractivity contribution in [3.05, 3.63) is 41.5 Å². The van der Waals surface area contributed by atoms with E-state index in [4.69, 9.17) is 0 Å². The lowest BCUT2D eigenvalue weighted by Crippen LogP contribution is -2.30. The minimum Gasteiger partial charge on any atom is -0.329 e. The van der Waals surface area contributed by atoms with Crippen molar-refractivity contribution < 1.29 is 14.4 Å². The van der Waals surface area contributed by atoms with E-state index >= 15 is 0 Å². The molecule has 26 heavy (non-hydrogen) atoms. The van der Waals surface area contributed by atoms with Crippen molar-refractivity contribution in [2.75, 3.05) is 11.9 Å². The molecule has 0 aromatic heterocycles. The molecular formula is C20H25N3O3. The van der Waals surface area contributed by atoms with Crippen LogP contribution in [-0.4, -0.2) is 29.3 Å². The zero-order valence-electron chi connectivity index (χ0n) is 15.6. The number of hydrogen-bond donors (Lipinski definition) is 2. The van der Waals surface area contributed by atoms with Gasteiger partial charge < -0.3 is 10.6 Å². The smallest absolute Gasteiger partial charge is 0.324 e. The van der Waals surface area contributed by atoms with Gasteiger partial charge >= 0.3 is 6.03 Å². The van der Waals surface area contributed by atoms with Gasteiger partial charge in [-0.05, 0) is 42.9 Å². The van der Waals surface area contributed by atoms with Crippen LogP contribution >= 0.6 is 0 Å². The van der Waals surface area contributed by atoms with Crippen molar-refractivity contribution in [3.63, 3.8) is 0 Å². The highest BCUT2D eigenvalue weighted by Gasteiger charge is 2.60. The normalized spacial score (nSPS) is 23.5. The second-order valence-corrected chi connectivity index (χ2v) is 7.90. The molecule has 1 saturated heterocycles. The molecule has 0 bridgehead atoms. The van der Waals surface area contributed by atoms with E-state index in [0.717, 1.165) is 5.56 Å². The number of amides is 4. The molecule has 1 aliphatic carbocycles. The molecule has 2 aliphatic rings. The molecular weight excluding hydrogens is 330 g/mol. The molecule has 0 spiro atoms. The van der Waals surface area contributed by atoms with Gasteiger partial charge in [0.2, 0.25) is 11.8 Å². The SMILES string of the molecule is CC(C)=C[C@H]1[C@@H](C(=O)Nc2cccc(CN3C(=O)CNC3=O)c2)C1(C)C. The van der Waals surface area contributed by atoms with Gasteiger partial charge in [-0.25, -0.2) is 4.79 Å². The predicted molar refractivity (Wildman–Crippen MR) is 99.2 cm³/mol. The number of anilines is 1. The van der Waals surface area contributed by atoms with E-state index in [9.17, 15) is 14.4 Å². The highest BCUT2D eigenvalue weighted by Crippen LogP contribution is 2.59. The second-order valence-electron chi connectivity index (χ2n) is 7.90. The largest absolute Gasteiger partial charge is 0.329 e. The summed E-state index contributed by atoms with van der Waals surface area (Å²) in [6, 6.07) is 6.89. The summed E-state index contributed by atoms with van der Waals surface area (Å²) >= 11 is 0. The van der Waals surface area contributed by atoms with Crippen LogP contribution in [-0.2, 0) is 16.1 Å². The number of nitrogens with zero attached hydrogens (tertiary/aromatic N) is 1. The number of allylic oxidation sites excluding steroid dienone is 2. The lowest BCUT2D eigenvalue weighted by atomic mass is 10.1. The summed E-state index contributed by atoms with van der Waals surface area (Å²) in [5.74, 6) is -0.0352. The van der Waals surface area contributed by atoms with Gasteiger partial charge in [0.25, 0.3) is 0 Å². The standard InChI is InChI=1S/C20H25N3O3/c1-12(2)8-15-17(20(15,3)4)18(25)22-14-7-5-6-13(9-14)11-23-16(24)10-21-19(23)26/h5-9,15,17H,10-11H2,1-4H3,(H,21,26)(H,22,25)/t15-,17-/m0/s1. The molecule has 0 unspecified atom stereocenters. The zero-order chi connectivity index (χ0) is 19.1. The van der Waals surface area contributed by atoms with Crippen molar-refractivity contribution >= 4 is 23.5 Å². The molecule has 1 aliphatic heterocycles. The van der Waals surface area contributed by atoms with Crippen LogP contribution in [0, 0.1) is 17.3 Å². The molecule has 4 amide bonds. The van der Waals surface area contributed by atoms with Crippen molar-refractivity contribution in [1.82, 2.24) is 10.2 Å². The molecule has 2 N–H and O–H groups in total. The minimum atomic E-state index is -0.381. The molecule has 1 saturated carbocycles. The summed E-state index contributed by atoms with van der Waals surface area (Å²) in [7, 11) is 0. The van der Waals surface area contributed by atoms with Gasteiger partial charge in [0, 0.05) is 5.69 Å². The van der Waals surface area contributed by atoms with Gasteiger partial charge in [-0.1, -0.05) is 37.6 Å². The third-order valence-electron chi connectivity index (χ3n) is 5.18. The molecule has 1 aromatic rings. The average Bonchev–Trinajstić information content (AvgIpc) is 2.94. The van der Waals surface area contributed by atoms with E-state index in [2.05, 4.69) is 30.6 Å². The lowest BCUT2D eigenvalue weighted by Gasteiger charge is -2.13. The van der Waals surface area contributed by atoms with Crippen LogP contribution in [0.25, 0.3) is 0 Å². The van der Waals surface area contributed by atoms with Gasteiger partial charge in [-0.2, -0.15) is 0 Å². The fourth-order valence-corrected chi connectivity index (χ4v) is 3.61. The van der Waals surface area contributed by atoms with Crippen LogP contribution < -0.4 is 10.6 Å². The van der Waals surface area contributed by atoms with Crippen LogP contribution in [0.2, 0.25) is 0 Å². The number of nitrogens with one attached hydrogen (secondary N) is 2. The second kappa shape index (κ2) is 6.59. The monoisotopic (exact) mass is 355 g/mol. The molecule has 0 radical (unpaired) electrons. The van der Waals surface area contributed by atoms with E-state index in [1.807, 2.05) is 38.1 Å². The van der Waals surface area contributed by atoms with E-state index < -0.39 is 0 Å². The molecule has 6 heteroatoms. The number of carbonyl (C=O) groups is 3. The topological polar surface area (TPSA) is 78.5 Å². The first kappa shape index (κ1) is 18.2. The fourth-order valence-electron chi connectivity index (χ4n) is 3.61. The number of hydrogen-bond acceptors (Lipinski definition) is 3. The van der Waals surface area contributed by atoms with Gasteiger partial charge in [-0.3, -0.25) is 14.5 Å². The Kier molecular flexibility index (Phi) is 4.61. The Morgan fingerprint density at radius 2 is 2.08 bits per heavy atom. The van der Waals surface area contributed by atoms with Crippen molar-refractivity contribution in [3.8, 4) is 0 Å². The number of carbonyl (C=O) groups excluding carboxylic acids is 3. The first-order chi connectivity index (χ1) is 12.2. The summed E-state index contributed by atoms with van der Waals surface area (Å²) in [5, 5.41) is 5.48. The molecule has 2 fully saturated rings. The van der Waals surface area contributed by atoms with Crippen molar-refractivity contribution in [2.45, 2.75) is 34.2 Å². The van der Waals surface area contributed by atoms with Crippen LogP contribution in [0.15, 0.2) is 35.9 Å². The number of imide groups is 1. The van der Waals surface area contributed by atoms with E-state index in [1.54, 1.807) is 0 Å². The lowest BCUT2D eigenvalue weighted by molar-refractivity contribution is -0.125. The summed E-state index contributed by atoms with van der Waals surface area (Å²) in [6.07, 6.45) is 2.16. The third-order valence-corrected chi connectivity index (χ3v) is 5.18. The first-order valence-electron chi connectivity index (χ1n) is 8.83. The number of urea groups is 1. The third kappa shape index (κ3) is 3.49. The quantitative estimate of drug-likeness (QED) is 0.630. The van der Waals surface area contributed by atoms with E-state index in [0.29, 0.717) is 5.69 Å². The van der Waals surface area contributed by atoms with Crippen LogP contribution in [0.3, 0.4) is 0 Å². The van der Waals surface area contributed by atoms with Gasteiger partial charge in [0.05, 0.1) is 19.0 Å². The Hall–Kier alpha value is -2.63. The van der Waals surface area contributed by atoms with E-state index in [1.165, 1.54) is 10.5 Å². The van der Waals surface area contributed by atoms with Gasteiger partial charge in [0.15, 0.2) is 0 Å². The van der Waals surface area contributed by atoms with Gasteiger partial charge in [-0.15, -0.1) is 0 Å². The molecule has 3 rings (SSSR count). The van der Waals surface area contributed by atoms with Crippen LogP contribution in [0.4, 0.5) is 10.5 Å². The number of rotatable bonds is 5. The Morgan fingerprint density at radius 1 is 1.35 bits per heavy atom. The summed E-state index contributed by atoms with van der Waals surface area (Å²) < 4.78 is 0. The number of benzene rings is 1. The first-order valence-corrected chi connectivity index (χ1v) is 8.83. The highest BCUT2D eigenvalue weighted by atomic mass is 16.2. The summed E-state index contributed by atoms with van der Waals surface area (Å²) in [5.41, 5.74) is 2.65. The maximum absolute atomic E-state index is 12.7. The Balaban J connectivity index is 1.68. The van der Waals surface area contributed by atoms with Crippen molar-refractivity contribution in [2.24, 2.45) is 17.3 Å². The average molecular weight is 355 g/mol. The molecule has 1 aromatic carbocycles. The minimum absolute atomic E-state index is 0.00430. The maximum Gasteiger partial charge on any atom is 0.324 e. The van der Waals surface area contributed by atoms with Crippen LogP contribution in [0.1, 0.15) is 33.3 Å². The summed E-state index contributed by atoms with van der Waals surface area (Å²) in [4.78, 5) is 37.2. The Morgan fingerprint density at radius 3 is 2.69 bits per heavy atom. The van der Waals surface area contributed by atoms with Crippen molar-refractivity contribution in [1.29, 1.82) is 0 Å². The van der Waals surface area contributed by atoms with Crippen LogP contribution in [0.5, 0.6) is 0 Å². The Bertz CT molecular complexity index is 777. The molecule has 1 heterocycles. The molecule has 6 nitrogen and oxygen atoms in total. The fraction of sp³-hybridized carbons (Fsp3) is 0.450. The summed E-state index contributed by atoms with van der Waals surface area (Å²) in [6.45, 7) is 8.54.